The van der Waals surface area contributed by atoms with Crippen LogP contribution in [0.4, 0.5) is 0 Å². The highest BCUT2D eigenvalue weighted by Crippen LogP contribution is 2.42. The molecule has 12 aromatic rings. The summed E-state index contributed by atoms with van der Waals surface area (Å²) >= 11 is 1.82. The molecule has 8 aromatic carbocycles. The Hall–Kier alpha value is -7.80. The number of hydrogen-bond donors (Lipinski definition) is 0. The standard InChI is InChI=1S/C54H33N5S/c1-3-11-34(12-4-1)36-19-25-39(26-20-36)51-56-52(40-27-21-37(22-28-40)35-13-5-2-6-14-35)58-53(57-51)41-29-23-38(24-30-41)48-33-45-44-31-42-15-7-8-16-43(42)32-49(44)60-50(45)54-55-46-17-9-10-18-47(46)59(48)54/h1-33H. The van der Waals surface area contributed by atoms with Gasteiger partial charge in [0, 0.05) is 32.2 Å². The fourth-order valence-corrected chi connectivity index (χ4v) is 9.58. The van der Waals surface area contributed by atoms with Crippen molar-refractivity contribution in [1.29, 1.82) is 0 Å². The van der Waals surface area contributed by atoms with E-state index < -0.39 is 0 Å². The van der Waals surface area contributed by atoms with Crippen molar-refractivity contribution in [3.05, 3.63) is 200 Å². The average molecular weight is 784 g/mol. The number of aromatic nitrogens is 5. The van der Waals surface area contributed by atoms with E-state index in [0.29, 0.717) is 17.5 Å². The summed E-state index contributed by atoms with van der Waals surface area (Å²) in [5.41, 5.74) is 12.6. The molecule has 12 rings (SSSR count). The van der Waals surface area contributed by atoms with Crippen LogP contribution in [0.3, 0.4) is 0 Å². The highest BCUT2D eigenvalue weighted by atomic mass is 32.1. The van der Waals surface area contributed by atoms with Crippen LogP contribution in [0.25, 0.3) is 115 Å². The van der Waals surface area contributed by atoms with Crippen LogP contribution in [0, 0.1) is 0 Å². The van der Waals surface area contributed by atoms with Crippen molar-refractivity contribution in [3.63, 3.8) is 0 Å². The van der Waals surface area contributed by atoms with E-state index in [-0.39, 0.29) is 0 Å². The molecule has 0 radical (unpaired) electrons. The Labute approximate surface area is 349 Å². The summed E-state index contributed by atoms with van der Waals surface area (Å²) in [6, 6.07) is 70.4. The fraction of sp³-hybridized carbons (Fsp3) is 0. The van der Waals surface area contributed by atoms with E-state index in [0.717, 1.165) is 55.8 Å². The van der Waals surface area contributed by atoms with Crippen LogP contribution in [0.5, 0.6) is 0 Å². The van der Waals surface area contributed by atoms with Gasteiger partial charge >= 0.3 is 0 Å². The van der Waals surface area contributed by atoms with Gasteiger partial charge in [-0.3, -0.25) is 4.40 Å². The summed E-state index contributed by atoms with van der Waals surface area (Å²) < 4.78 is 4.77. The molecular formula is C54H33N5S. The molecule has 0 fully saturated rings. The maximum atomic E-state index is 5.23. The van der Waals surface area contributed by atoms with Gasteiger partial charge in [-0.2, -0.15) is 0 Å². The first kappa shape index (κ1) is 34.3. The van der Waals surface area contributed by atoms with Crippen LogP contribution < -0.4 is 0 Å². The molecule has 4 aromatic heterocycles. The van der Waals surface area contributed by atoms with Gasteiger partial charge in [-0.25, -0.2) is 19.9 Å². The molecule has 4 heterocycles. The fourth-order valence-electron chi connectivity index (χ4n) is 8.38. The summed E-state index contributed by atoms with van der Waals surface area (Å²) in [6.07, 6.45) is 0. The van der Waals surface area contributed by atoms with Crippen molar-refractivity contribution in [2.45, 2.75) is 0 Å². The molecule has 0 N–H and O–H groups in total. The summed E-state index contributed by atoms with van der Waals surface area (Å²) in [5.74, 6) is 1.87. The van der Waals surface area contributed by atoms with E-state index in [1.807, 2.05) is 23.5 Å². The predicted molar refractivity (Wildman–Crippen MR) is 249 cm³/mol. The van der Waals surface area contributed by atoms with E-state index in [4.69, 9.17) is 19.9 Å². The zero-order valence-electron chi connectivity index (χ0n) is 32.2. The number of thiophene rings is 1. The van der Waals surface area contributed by atoms with E-state index in [1.54, 1.807) is 0 Å². The molecule has 0 spiro atoms. The lowest BCUT2D eigenvalue weighted by atomic mass is 10.0. The van der Waals surface area contributed by atoms with Gasteiger partial charge in [0.2, 0.25) is 0 Å². The van der Waals surface area contributed by atoms with Gasteiger partial charge < -0.3 is 0 Å². The third kappa shape index (κ3) is 5.84. The van der Waals surface area contributed by atoms with Crippen molar-refractivity contribution in [3.8, 4) is 67.7 Å². The molecule has 0 saturated heterocycles. The monoisotopic (exact) mass is 783 g/mol. The van der Waals surface area contributed by atoms with Gasteiger partial charge in [0.05, 0.1) is 21.4 Å². The van der Waals surface area contributed by atoms with E-state index >= 15 is 0 Å². The molecular weight excluding hydrogens is 751 g/mol. The summed E-state index contributed by atoms with van der Waals surface area (Å²) in [6.45, 7) is 0. The Morgan fingerprint density at radius 2 is 0.800 bits per heavy atom. The molecule has 6 heteroatoms. The zero-order valence-corrected chi connectivity index (χ0v) is 33.0. The second-order valence-electron chi connectivity index (χ2n) is 15.1. The SMILES string of the molecule is c1ccc(-c2ccc(-c3nc(-c4ccc(-c5ccccc5)cc4)nc(-c4ccc(-c5cc6c7cc8ccccc8cc7sc6c6nc7ccccc7n56)cc4)n3)cc2)cc1. The van der Waals surface area contributed by atoms with Crippen LogP contribution in [-0.2, 0) is 0 Å². The Morgan fingerprint density at radius 3 is 1.37 bits per heavy atom. The summed E-state index contributed by atoms with van der Waals surface area (Å²) in [5, 5.41) is 4.94. The Morgan fingerprint density at radius 1 is 0.350 bits per heavy atom. The van der Waals surface area contributed by atoms with Gasteiger partial charge in [-0.05, 0) is 68.9 Å². The Bertz CT molecular complexity index is 3460. The second kappa shape index (κ2) is 13.9. The Kier molecular flexibility index (Phi) is 7.96. The molecule has 60 heavy (non-hydrogen) atoms. The molecule has 0 aliphatic heterocycles. The van der Waals surface area contributed by atoms with Crippen LogP contribution in [0.15, 0.2) is 200 Å². The smallest absolute Gasteiger partial charge is 0.164 e. The quantitative estimate of drug-likeness (QED) is 0.169. The van der Waals surface area contributed by atoms with Crippen molar-refractivity contribution < 1.29 is 0 Å². The van der Waals surface area contributed by atoms with Crippen LogP contribution in [0.1, 0.15) is 0 Å². The van der Waals surface area contributed by atoms with Crippen LogP contribution in [-0.4, -0.2) is 24.3 Å². The maximum Gasteiger partial charge on any atom is 0.164 e. The lowest BCUT2D eigenvalue weighted by Gasteiger charge is -2.11. The first-order valence-electron chi connectivity index (χ1n) is 20.0. The summed E-state index contributed by atoms with van der Waals surface area (Å²) in [7, 11) is 0. The molecule has 280 valence electrons. The van der Waals surface area contributed by atoms with Crippen molar-refractivity contribution in [2.75, 3.05) is 0 Å². The van der Waals surface area contributed by atoms with Gasteiger partial charge in [-0.15, -0.1) is 11.3 Å². The summed E-state index contributed by atoms with van der Waals surface area (Å²) in [4.78, 5) is 20.5. The van der Waals surface area contributed by atoms with Crippen molar-refractivity contribution in [2.24, 2.45) is 0 Å². The largest absolute Gasteiger partial charge is 0.291 e. The van der Waals surface area contributed by atoms with E-state index in [9.17, 15) is 0 Å². The number of benzene rings is 8. The minimum absolute atomic E-state index is 0.616. The minimum atomic E-state index is 0.616. The van der Waals surface area contributed by atoms with Crippen molar-refractivity contribution >= 4 is 59.0 Å². The number of fused-ring (bicyclic) bond motifs is 8. The zero-order chi connectivity index (χ0) is 39.6. The molecule has 0 bridgehead atoms. The minimum Gasteiger partial charge on any atom is -0.291 e. The number of nitrogens with zero attached hydrogens (tertiary/aromatic N) is 5. The van der Waals surface area contributed by atoms with Gasteiger partial charge in [0.25, 0.3) is 0 Å². The molecule has 0 atom stereocenters. The highest BCUT2D eigenvalue weighted by Gasteiger charge is 2.19. The normalized spacial score (nSPS) is 11.7. The molecule has 0 aliphatic carbocycles. The number of rotatable bonds is 6. The highest BCUT2D eigenvalue weighted by molar-refractivity contribution is 7.26. The van der Waals surface area contributed by atoms with Crippen molar-refractivity contribution in [1.82, 2.24) is 24.3 Å². The molecule has 0 aliphatic rings. The molecule has 0 unspecified atom stereocenters. The van der Waals surface area contributed by atoms with E-state index in [1.165, 1.54) is 42.1 Å². The number of hydrogen-bond acceptors (Lipinski definition) is 5. The van der Waals surface area contributed by atoms with Crippen LogP contribution in [0.2, 0.25) is 0 Å². The van der Waals surface area contributed by atoms with Gasteiger partial charge in [-0.1, -0.05) is 170 Å². The number of pyridine rings is 1. The third-order valence-electron chi connectivity index (χ3n) is 11.5. The second-order valence-corrected chi connectivity index (χ2v) is 16.2. The third-order valence-corrected chi connectivity index (χ3v) is 12.6. The first-order chi connectivity index (χ1) is 29.7. The van der Waals surface area contributed by atoms with Gasteiger partial charge in [0.15, 0.2) is 23.1 Å². The molecule has 0 amide bonds. The maximum absolute atomic E-state index is 5.23. The molecule has 5 nitrogen and oxygen atoms in total. The van der Waals surface area contributed by atoms with Gasteiger partial charge in [0.1, 0.15) is 0 Å². The topological polar surface area (TPSA) is 56.0 Å². The van der Waals surface area contributed by atoms with E-state index in [2.05, 4.69) is 192 Å². The number of para-hydroxylation sites is 2. The molecule has 0 saturated carbocycles. The average Bonchev–Trinajstić information content (AvgIpc) is 3.89. The van der Waals surface area contributed by atoms with Crippen LogP contribution >= 0.6 is 11.3 Å². The first-order valence-corrected chi connectivity index (χ1v) is 20.9. The predicted octanol–water partition coefficient (Wildman–Crippen LogP) is 14.2. The number of imidazole rings is 1. The lowest BCUT2D eigenvalue weighted by Crippen LogP contribution is -2.00. The lowest BCUT2D eigenvalue weighted by molar-refractivity contribution is 1.07. The Balaban J connectivity index is 0.991.